The highest BCUT2D eigenvalue weighted by Gasteiger charge is 2.37. The number of rotatable bonds is 2. The molecule has 6 heteroatoms. The molecular weight excluding hydrogens is 289 g/mol. The molecule has 0 saturated carbocycles. The zero-order valence-corrected chi connectivity index (χ0v) is 9.65. The molecule has 0 aliphatic carbocycles. The topological polar surface area (TPSA) is 34.1 Å². The zero-order valence-electron chi connectivity index (χ0n) is 8.06. The third-order valence-corrected chi connectivity index (χ3v) is 2.66. The Hall–Kier alpha value is -1.17. The van der Waals surface area contributed by atoms with E-state index < -0.39 is 28.6 Å². The predicted octanol–water partition coefficient (Wildman–Crippen LogP) is 3.48. The summed E-state index contributed by atoms with van der Waals surface area (Å²) in [6.45, 7) is 1.02. The summed E-state index contributed by atoms with van der Waals surface area (Å²) < 4.78 is 38.1. The van der Waals surface area contributed by atoms with Crippen LogP contribution in [-0.4, -0.2) is 12.1 Å². The van der Waals surface area contributed by atoms with E-state index in [1.54, 1.807) is 0 Å². The van der Waals surface area contributed by atoms with Crippen molar-refractivity contribution in [2.45, 2.75) is 13.1 Å². The van der Waals surface area contributed by atoms with Crippen LogP contribution in [0.25, 0.3) is 0 Å². The van der Waals surface area contributed by atoms with Crippen LogP contribution in [0.3, 0.4) is 0 Å². The molecular formula is C10H6BrF3O2. The van der Waals surface area contributed by atoms with E-state index in [0.29, 0.717) is 0 Å². The van der Waals surface area contributed by atoms with Gasteiger partial charge in [0.1, 0.15) is 0 Å². The van der Waals surface area contributed by atoms with Crippen LogP contribution >= 0.6 is 15.9 Å². The van der Waals surface area contributed by atoms with E-state index in [4.69, 9.17) is 0 Å². The van der Waals surface area contributed by atoms with E-state index in [0.717, 1.165) is 13.0 Å². The Morgan fingerprint density at radius 1 is 1.38 bits per heavy atom. The number of hydrogen-bond donors (Lipinski definition) is 0. The van der Waals surface area contributed by atoms with E-state index in [1.165, 1.54) is 6.07 Å². The second-order valence-electron chi connectivity index (χ2n) is 3.06. The predicted molar refractivity (Wildman–Crippen MR) is 54.5 cm³/mol. The lowest BCUT2D eigenvalue weighted by Gasteiger charge is -2.14. The van der Waals surface area contributed by atoms with Crippen molar-refractivity contribution >= 4 is 28.0 Å². The molecule has 2 nitrogen and oxygen atoms in total. The van der Waals surface area contributed by atoms with Gasteiger partial charge in [0.15, 0.2) is 12.1 Å². The molecule has 0 fully saturated rings. The molecule has 1 rings (SSSR count). The third-order valence-electron chi connectivity index (χ3n) is 1.97. The molecule has 1 aromatic rings. The fourth-order valence-electron chi connectivity index (χ4n) is 1.31. The van der Waals surface area contributed by atoms with Crippen LogP contribution < -0.4 is 0 Å². The minimum Gasteiger partial charge on any atom is -0.298 e. The maximum Gasteiger partial charge on any atom is 0.417 e. The highest BCUT2D eigenvalue weighted by molar-refractivity contribution is 9.10. The van der Waals surface area contributed by atoms with Crippen LogP contribution in [0.5, 0.6) is 0 Å². The Morgan fingerprint density at radius 2 is 1.94 bits per heavy atom. The number of benzene rings is 1. The largest absolute Gasteiger partial charge is 0.417 e. The normalized spacial score (nSPS) is 11.3. The van der Waals surface area contributed by atoms with E-state index in [1.807, 2.05) is 0 Å². The van der Waals surface area contributed by atoms with Crippen molar-refractivity contribution in [3.05, 3.63) is 33.3 Å². The lowest BCUT2D eigenvalue weighted by molar-refractivity contribution is -0.138. The van der Waals surface area contributed by atoms with Gasteiger partial charge in [-0.25, -0.2) is 0 Å². The average Bonchev–Trinajstić information content (AvgIpc) is 2.15. The highest BCUT2D eigenvalue weighted by atomic mass is 79.9. The number of ketones is 1. The van der Waals surface area contributed by atoms with Crippen LogP contribution in [0.4, 0.5) is 13.2 Å². The standard InChI is InChI=1S/C10H6BrF3O2/c1-5(16)6-2-3-8(11)7(4-15)9(6)10(12,13)14/h2-4H,1H3. The molecule has 0 unspecified atom stereocenters. The van der Waals surface area contributed by atoms with Crippen molar-refractivity contribution in [2.75, 3.05) is 0 Å². The maximum absolute atomic E-state index is 12.7. The van der Waals surface area contributed by atoms with E-state index in [9.17, 15) is 22.8 Å². The molecule has 0 radical (unpaired) electrons. The number of alkyl halides is 3. The van der Waals surface area contributed by atoms with Crippen molar-refractivity contribution in [3.63, 3.8) is 0 Å². The summed E-state index contributed by atoms with van der Waals surface area (Å²) in [6, 6.07) is 2.29. The summed E-state index contributed by atoms with van der Waals surface area (Å²) in [4.78, 5) is 21.7. The van der Waals surface area contributed by atoms with Crippen LogP contribution in [-0.2, 0) is 6.18 Å². The first-order valence-corrected chi connectivity index (χ1v) is 4.94. The summed E-state index contributed by atoms with van der Waals surface area (Å²) in [6.07, 6.45) is -4.65. The first kappa shape index (κ1) is 12.9. The highest BCUT2D eigenvalue weighted by Crippen LogP contribution is 2.37. The summed E-state index contributed by atoms with van der Waals surface area (Å²) >= 11 is 2.84. The Bertz CT molecular complexity index is 452. The molecule has 0 spiro atoms. The number of Topliss-reactive ketones (excluding diaryl/α,β-unsaturated/α-hetero) is 1. The molecule has 0 atom stereocenters. The van der Waals surface area contributed by atoms with Crippen molar-refractivity contribution in [1.82, 2.24) is 0 Å². The van der Waals surface area contributed by atoms with Crippen LogP contribution in [0.15, 0.2) is 16.6 Å². The fourth-order valence-corrected chi connectivity index (χ4v) is 1.73. The molecule has 86 valence electrons. The van der Waals surface area contributed by atoms with Gasteiger partial charge in [0.25, 0.3) is 0 Å². The third kappa shape index (κ3) is 2.32. The van der Waals surface area contributed by atoms with Gasteiger partial charge in [-0.3, -0.25) is 9.59 Å². The number of halogens is 4. The van der Waals surface area contributed by atoms with Gasteiger partial charge in [-0.1, -0.05) is 15.9 Å². The van der Waals surface area contributed by atoms with Crippen LogP contribution in [0, 0.1) is 0 Å². The molecule has 0 aliphatic heterocycles. The molecule has 0 aromatic heterocycles. The van der Waals surface area contributed by atoms with Gasteiger partial charge < -0.3 is 0 Å². The second kappa shape index (κ2) is 4.37. The minimum atomic E-state index is -4.74. The summed E-state index contributed by atoms with van der Waals surface area (Å²) in [5.74, 6) is -0.733. The average molecular weight is 295 g/mol. The number of carbonyl (C=O) groups excluding carboxylic acids is 2. The number of carbonyl (C=O) groups is 2. The van der Waals surface area contributed by atoms with Gasteiger partial charge in [0, 0.05) is 15.6 Å². The first-order valence-electron chi connectivity index (χ1n) is 4.15. The Labute approximate surface area is 97.6 Å². The van der Waals surface area contributed by atoms with Gasteiger partial charge in [-0.15, -0.1) is 0 Å². The monoisotopic (exact) mass is 294 g/mol. The smallest absolute Gasteiger partial charge is 0.298 e. The molecule has 0 bridgehead atoms. The molecule has 0 amide bonds. The maximum atomic E-state index is 12.7. The molecule has 0 saturated heterocycles. The Balaban J connectivity index is 3.67. The van der Waals surface area contributed by atoms with Gasteiger partial charge in [0.05, 0.1) is 5.56 Å². The van der Waals surface area contributed by atoms with Gasteiger partial charge >= 0.3 is 6.18 Å². The van der Waals surface area contributed by atoms with Crippen molar-refractivity contribution < 1.29 is 22.8 Å². The lowest BCUT2D eigenvalue weighted by Crippen LogP contribution is -2.15. The molecule has 0 aliphatic rings. The van der Waals surface area contributed by atoms with Crippen LogP contribution in [0.1, 0.15) is 33.2 Å². The van der Waals surface area contributed by atoms with Gasteiger partial charge in [0.2, 0.25) is 0 Å². The number of hydrogen-bond acceptors (Lipinski definition) is 2. The first-order chi connectivity index (χ1) is 7.29. The van der Waals surface area contributed by atoms with E-state index in [2.05, 4.69) is 15.9 Å². The quantitative estimate of drug-likeness (QED) is 0.618. The van der Waals surface area contributed by atoms with Crippen LogP contribution in [0.2, 0.25) is 0 Å². The second-order valence-corrected chi connectivity index (χ2v) is 3.91. The van der Waals surface area contributed by atoms with Gasteiger partial charge in [-0.2, -0.15) is 13.2 Å². The SMILES string of the molecule is CC(=O)c1ccc(Br)c(C=O)c1C(F)(F)F. The van der Waals surface area contributed by atoms with Gasteiger partial charge in [-0.05, 0) is 19.1 Å². The number of aldehydes is 1. The molecule has 16 heavy (non-hydrogen) atoms. The Morgan fingerprint density at radius 3 is 2.31 bits per heavy atom. The summed E-state index contributed by atoms with van der Waals surface area (Å²) in [7, 11) is 0. The minimum absolute atomic E-state index is 0.0137. The zero-order chi connectivity index (χ0) is 12.5. The summed E-state index contributed by atoms with van der Waals surface area (Å²) in [5, 5.41) is 0. The van der Waals surface area contributed by atoms with Crippen molar-refractivity contribution in [1.29, 1.82) is 0 Å². The van der Waals surface area contributed by atoms with Crippen molar-refractivity contribution in [3.8, 4) is 0 Å². The van der Waals surface area contributed by atoms with Crippen molar-refractivity contribution in [2.24, 2.45) is 0 Å². The molecule has 0 heterocycles. The van der Waals surface area contributed by atoms with E-state index in [-0.39, 0.29) is 10.8 Å². The molecule has 1 aromatic carbocycles. The summed E-state index contributed by atoms with van der Waals surface area (Å²) in [5.41, 5.74) is -2.25. The lowest BCUT2D eigenvalue weighted by atomic mass is 9.99. The fraction of sp³-hybridized carbons (Fsp3) is 0.200. The molecule has 0 N–H and O–H groups in total. The Kier molecular flexibility index (Phi) is 3.52. The van der Waals surface area contributed by atoms with E-state index >= 15 is 0 Å².